The molecule has 1 aliphatic carbocycles. The molecule has 0 atom stereocenters. The van der Waals surface area contributed by atoms with Crippen molar-refractivity contribution in [1.82, 2.24) is 5.32 Å². The number of hydrogen-bond acceptors (Lipinski definition) is 1. The number of hydrogen-bond donors (Lipinski definition) is 1. The highest BCUT2D eigenvalue weighted by Gasteiger charge is 2.32. The van der Waals surface area contributed by atoms with E-state index in [0.29, 0.717) is 6.42 Å². The van der Waals surface area contributed by atoms with Crippen LogP contribution in [0.2, 0.25) is 0 Å². The topological polar surface area (TPSA) is 29.1 Å². The highest BCUT2D eigenvalue weighted by Crippen LogP contribution is 2.38. The molecule has 0 spiro atoms. The third-order valence-electron chi connectivity index (χ3n) is 3.89. The van der Waals surface area contributed by atoms with E-state index in [0.717, 1.165) is 21.9 Å². The molecule has 1 aromatic carbocycles. The van der Waals surface area contributed by atoms with Crippen molar-refractivity contribution in [2.75, 3.05) is 11.9 Å². The fourth-order valence-corrected chi connectivity index (χ4v) is 3.64. The summed E-state index contributed by atoms with van der Waals surface area (Å²) in [5, 5.41) is 4.08. The zero-order valence-electron chi connectivity index (χ0n) is 10.9. The molecule has 1 saturated carbocycles. The maximum Gasteiger partial charge on any atom is 0.224 e. The van der Waals surface area contributed by atoms with Gasteiger partial charge in [-0.15, -0.1) is 0 Å². The second-order valence-electron chi connectivity index (χ2n) is 5.42. The number of benzene rings is 1. The third-order valence-corrected chi connectivity index (χ3v) is 5.60. The van der Waals surface area contributed by atoms with Crippen molar-refractivity contribution in [3.05, 3.63) is 34.3 Å². The van der Waals surface area contributed by atoms with Crippen LogP contribution >= 0.6 is 31.9 Å². The van der Waals surface area contributed by atoms with Crippen LogP contribution in [0.5, 0.6) is 0 Å². The van der Waals surface area contributed by atoms with E-state index in [-0.39, 0.29) is 11.3 Å². The molecule has 2 rings (SSSR count). The zero-order chi connectivity index (χ0) is 13.7. The van der Waals surface area contributed by atoms with Gasteiger partial charge in [-0.25, -0.2) is 0 Å². The van der Waals surface area contributed by atoms with E-state index < -0.39 is 0 Å². The standard InChI is InChI=1S/C15H19Br2NO/c16-10-15(7-1-2-8-15)11-18-14(19)9-12-3-5-13(17)6-4-12/h3-6H,1-2,7-11H2,(H,18,19). The van der Waals surface area contributed by atoms with Crippen LogP contribution in [0.4, 0.5) is 0 Å². The van der Waals surface area contributed by atoms with Crippen LogP contribution in [0, 0.1) is 5.41 Å². The minimum atomic E-state index is 0.120. The number of carbonyl (C=O) groups excluding carboxylic acids is 1. The molecular weight excluding hydrogens is 370 g/mol. The Morgan fingerprint density at radius 1 is 1.21 bits per heavy atom. The monoisotopic (exact) mass is 387 g/mol. The number of nitrogens with one attached hydrogen (secondary N) is 1. The summed E-state index contributed by atoms with van der Waals surface area (Å²) in [6.45, 7) is 0.799. The van der Waals surface area contributed by atoms with Gasteiger partial charge in [0.25, 0.3) is 0 Å². The van der Waals surface area contributed by atoms with Gasteiger partial charge in [-0.2, -0.15) is 0 Å². The summed E-state index contributed by atoms with van der Waals surface area (Å²) >= 11 is 7.00. The smallest absolute Gasteiger partial charge is 0.224 e. The van der Waals surface area contributed by atoms with Crippen molar-refractivity contribution < 1.29 is 4.79 Å². The molecule has 1 N–H and O–H groups in total. The first-order valence-corrected chi connectivity index (χ1v) is 8.62. The van der Waals surface area contributed by atoms with Crippen molar-refractivity contribution >= 4 is 37.8 Å². The van der Waals surface area contributed by atoms with Crippen molar-refractivity contribution in [3.63, 3.8) is 0 Å². The highest BCUT2D eigenvalue weighted by molar-refractivity contribution is 9.10. The van der Waals surface area contributed by atoms with Crippen LogP contribution < -0.4 is 5.32 Å². The molecule has 0 unspecified atom stereocenters. The molecule has 1 aliphatic rings. The van der Waals surface area contributed by atoms with Gasteiger partial charge in [-0.1, -0.05) is 56.8 Å². The number of amides is 1. The number of halogens is 2. The first-order valence-electron chi connectivity index (χ1n) is 6.71. The van der Waals surface area contributed by atoms with Gasteiger partial charge in [-0.3, -0.25) is 4.79 Å². The zero-order valence-corrected chi connectivity index (χ0v) is 14.1. The van der Waals surface area contributed by atoms with Gasteiger partial charge in [0.05, 0.1) is 6.42 Å². The van der Waals surface area contributed by atoms with E-state index in [4.69, 9.17) is 0 Å². The Hall–Kier alpha value is -0.350. The van der Waals surface area contributed by atoms with E-state index in [9.17, 15) is 4.79 Å². The fourth-order valence-electron chi connectivity index (χ4n) is 2.62. The lowest BCUT2D eigenvalue weighted by molar-refractivity contribution is -0.120. The Bertz CT molecular complexity index is 424. The Balaban J connectivity index is 1.82. The van der Waals surface area contributed by atoms with Gasteiger partial charge in [0.2, 0.25) is 5.91 Å². The van der Waals surface area contributed by atoms with Crippen molar-refractivity contribution in [2.24, 2.45) is 5.41 Å². The van der Waals surface area contributed by atoms with Crippen LogP contribution in [0.25, 0.3) is 0 Å². The first-order chi connectivity index (χ1) is 9.13. The van der Waals surface area contributed by atoms with Crippen molar-refractivity contribution in [2.45, 2.75) is 32.1 Å². The number of alkyl halides is 1. The fraction of sp³-hybridized carbons (Fsp3) is 0.533. The van der Waals surface area contributed by atoms with E-state index in [1.807, 2.05) is 24.3 Å². The predicted octanol–water partition coefficient (Wildman–Crippen LogP) is 4.06. The lowest BCUT2D eigenvalue weighted by Gasteiger charge is -2.26. The van der Waals surface area contributed by atoms with Crippen molar-refractivity contribution in [3.8, 4) is 0 Å². The van der Waals surface area contributed by atoms with Gasteiger partial charge >= 0.3 is 0 Å². The molecule has 0 radical (unpaired) electrons. The molecule has 1 amide bonds. The van der Waals surface area contributed by atoms with E-state index in [1.165, 1.54) is 25.7 Å². The minimum Gasteiger partial charge on any atom is -0.355 e. The minimum absolute atomic E-state index is 0.120. The van der Waals surface area contributed by atoms with Crippen LogP contribution in [-0.2, 0) is 11.2 Å². The molecular formula is C15H19Br2NO. The van der Waals surface area contributed by atoms with E-state index in [2.05, 4.69) is 37.2 Å². The summed E-state index contributed by atoms with van der Waals surface area (Å²) in [4.78, 5) is 12.0. The summed E-state index contributed by atoms with van der Waals surface area (Å²) in [5.41, 5.74) is 1.34. The average molecular weight is 389 g/mol. The maximum atomic E-state index is 12.0. The molecule has 4 heteroatoms. The van der Waals surface area contributed by atoms with Gasteiger partial charge in [0.15, 0.2) is 0 Å². The highest BCUT2D eigenvalue weighted by atomic mass is 79.9. The van der Waals surface area contributed by atoms with Crippen LogP contribution in [-0.4, -0.2) is 17.8 Å². The molecule has 0 aromatic heterocycles. The number of rotatable bonds is 5. The summed E-state index contributed by atoms with van der Waals surface area (Å²) in [6, 6.07) is 7.91. The molecule has 0 aliphatic heterocycles. The van der Waals surface area contributed by atoms with E-state index in [1.54, 1.807) is 0 Å². The summed E-state index contributed by atoms with van der Waals surface area (Å²) in [5.74, 6) is 0.120. The summed E-state index contributed by atoms with van der Waals surface area (Å²) in [6.07, 6.45) is 5.47. The van der Waals surface area contributed by atoms with Gasteiger partial charge < -0.3 is 5.32 Å². The second-order valence-corrected chi connectivity index (χ2v) is 6.90. The Morgan fingerprint density at radius 3 is 2.42 bits per heavy atom. The Labute approximate surface area is 131 Å². The summed E-state index contributed by atoms with van der Waals surface area (Å²) in [7, 11) is 0. The molecule has 104 valence electrons. The lowest BCUT2D eigenvalue weighted by atomic mass is 9.89. The number of carbonyl (C=O) groups is 1. The maximum absolute atomic E-state index is 12.0. The Morgan fingerprint density at radius 2 is 1.84 bits per heavy atom. The van der Waals surface area contributed by atoms with Crippen molar-refractivity contribution in [1.29, 1.82) is 0 Å². The van der Waals surface area contributed by atoms with Gasteiger partial charge in [0.1, 0.15) is 0 Å². The van der Waals surface area contributed by atoms with Gasteiger partial charge in [-0.05, 0) is 36.0 Å². The molecule has 1 fully saturated rings. The SMILES string of the molecule is O=C(Cc1ccc(Br)cc1)NCC1(CBr)CCCC1. The van der Waals surface area contributed by atoms with Crippen LogP contribution in [0.15, 0.2) is 28.7 Å². The molecule has 0 saturated heterocycles. The van der Waals surface area contributed by atoms with Crippen LogP contribution in [0.3, 0.4) is 0 Å². The quantitative estimate of drug-likeness (QED) is 0.757. The first kappa shape index (κ1) is 15.0. The molecule has 1 aromatic rings. The molecule has 0 heterocycles. The Kier molecular flexibility index (Phi) is 5.46. The second kappa shape index (κ2) is 6.89. The molecule has 0 bridgehead atoms. The average Bonchev–Trinajstić information content (AvgIpc) is 2.89. The third kappa shape index (κ3) is 4.32. The largest absolute Gasteiger partial charge is 0.355 e. The predicted molar refractivity (Wildman–Crippen MR) is 85.6 cm³/mol. The molecule has 19 heavy (non-hydrogen) atoms. The van der Waals surface area contributed by atoms with Gasteiger partial charge in [0, 0.05) is 16.3 Å². The lowest BCUT2D eigenvalue weighted by Crippen LogP contribution is -2.37. The molecule has 2 nitrogen and oxygen atoms in total. The van der Waals surface area contributed by atoms with Crippen LogP contribution in [0.1, 0.15) is 31.2 Å². The van der Waals surface area contributed by atoms with E-state index >= 15 is 0 Å². The normalized spacial score (nSPS) is 17.4. The summed E-state index contributed by atoms with van der Waals surface area (Å²) < 4.78 is 1.04.